The zero-order valence-corrected chi connectivity index (χ0v) is 17.5. The van der Waals surface area contributed by atoms with E-state index in [0.29, 0.717) is 28.2 Å². The molecule has 3 aromatic heterocycles. The number of carbonyl (C=O) groups excluding carboxylic acids is 1. The summed E-state index contributed by atoms with van der Waals surface area (Å²) >= 11 is 7.12. The lowest BCUT2D eigenvalue weighted by atomic mass is 10.2. The van der Waals surface area contributed by atoms with Gasteiger partial charge in [-0.3, -0.25) is 4.79 Å². The smallest absolute Gasteiger partial charge is 0.277 e. The van der Waals surface area contributed by atoms with Gasteiger partial charge in [0.1, 0.15) is 5.76 Å². The van der Waals surface area contributed by atoms with Crippen LogP contribution in [0.15, 0.2) is 62.8 Å². The summed E-state index contributed by atoms with van der Waals surface area (Å²) in [7, 11) is 0. The van der Waals surface area contributed by atoms with Gasteiger partial charge in [0.2, 0.25) is 5.89 Å². The van der Waals surface area contributed by atoms with Gasteiger partial charge in [0, 0.05) is 27.5 Å². The molecule has 1 aromatic carbocycles. The molecule has 0 spiro atoms. The van der Waals surface area contributed by atoms with Crippen LogP contribution in [0.2, 0.25) is 5.02 Å². The number of halogens is 1. The minimum Gasteiger partial charge on any atom is -0.467 e. The molecule has 0 fully saturated rings. The fourth-order valence-electron chi connectivity index (χ4n) is 3.07. The van der Waals surface area contributed by atoms with Crippen molar-refractivity contribution < 1.29 is 13.6 Å². The van der Waals surface area contributed by atoms with Crippen molar-refractivity contribution >= 4 is 29.1 Å². The Morgan fingerprint density at radius 3 is 2.69 bits per heavy atom. The number of furan rings is 1. The average molecular weight is 428 g/mol. The second kappa shape index (κ2) is 8.31. The maximum Gasteiger partial charge on any atom is 0.277 e. The number of nitrogens with zero attached hydrogens (tertiary/aromatic N) is 3. The van der Waals surface area contributed by atoms with Crippen LogP contribution in [0, 0.1) is 13.8 Å². The number of ketones is 1. The van der Waals surface area contributed by atoms with Crippen LogP contribution in [-0.2, 0) is 6.54 Å². The summed E-state index contributed by atoms with van der Waals surface area (Å²) in [5, 5.41) is 9.05. The summed E-state index contributed by atoms with van der Waals surface area (Å²) in [5.74, 6) is 1.47. The highest BCUT2D eigenvalue weighted by Gasteiger charge is 2.18. The zero-order chi connectivity index (χ0) is 20.4. The number of benzene rings is 1. The lowest BCUT2D eigenvalue weighted by molar-refractivity contribution is 0.102. The molecule has 0 bridgehead atoms. The number of carbonyl (C=O) groups is 1. The number of hydrogen-bond acceptors (Lipinski definition) is 6. The van der Waals surface area contributed by atoms with Crippen molar-refractivity contribution in [2.45, 2.75) is 25.6 Å². The van der Waals surface area contributed by atoms with Gasteiger partial charge in [-0.25, -0.2) is 0 Å². The molecule has 148 valence electrons. The lowest BCUT2D eigenvalue weighted by Gasteiger charge is -2.07. The van der Waals surface area contributed by atoms with E-state index in [1.807, 2.05) is 44.2 Å². The van der Waals surface area contributed by atoms with Gasteiger partial charge in [-0.15, -0.1) is 10.2 Å². The first kappa shape index (κ1) is 19.5. The molecule has 6 nitrogen and oxygen atoms in total. The van der Waals surface area contributed by atoms with E-state index >= 15 is 0 Å². The van der Waals surface area contributed by atoms with Crippen LogP contribution in [0.4, 0.5) is 0 Å². The molecule has 4 aromatic rings. The first-order chi connectivity index (χ1) is 14.0. The Bertz CT molecular complexity index is 1130. The standard InChI is InChI=1S/C21H18ClN3O3S/c1-13-10-18(14(2)25(13)11-17-4-3-9-27-17)19(26)12-29-21-24-23-20(28-21)15-5-7-16(22)8-6-15/h3-10H,11-12H2,1-2H3. The third-order valence-corrected chi connectivity index (χ3v) is 5.66. The Hall–Kier alpha value is -2.77. The normalized spacial score (nSPS) is 11.1. The molecule has 0 N–H and O–H groups in total. The molecular weight excluding hydrogens is 410 g/mol. The molecule has 0 aliphatic rings. The largest absolute Gasteiger partial charge is 0.467 e. The summed E-state index contributed by atoms with van der Waals surface area (Å²) < 4.78 is 13.1. The summed E-state index contributed by atoms with van der Waals surface area (Å²) in [4.78, 5) is 12.8. The van der Waals surface area contributed by atoms with Crippen molar-refractivity contribution in [1.82, 2.24) is 14.8 Å². The molecule has 0 aliphatic heterocycles. The van der Waals surface area contributed by atoms with Crippen LogP contribution in [-0.4, -0.2) is 26.3 Å². The average Bonchev–Trinajstić information content (AvgIpc) is 3.45. The van der Waals surface area contributed by atoms with Crippen molar-refractivity contribution in [2.75, 3.05) is 5.75 Å². The van der Waals surface area contributed by atoms with E-state index in [0.717, 1.165) is 22.7 Å². The molecule has 29 heavy (non-hydrogen) atoms. The molecule has 0 amide bonds. The van der Waals surface area contributed by atoms with Gasteiger partial charge in [-0.05, 0) is 56.3 Å². The number of aryl methyl sites for hydroxylation is 1. The van der Waals surface area contributed by atoms with Gasteiger partial charge in [0.05, 0.1) is 18.6 Å². The predicted octanol–water partition coefficient (Wildman–Crippen LogP) is 5.42. The first-order valence-corrected chi connectivity index (χ1v) is 10.3. The summed E-state index contributed by atoms with van der Waals surface area (Å²) in [6.07, 6.45) is 1.65. The second-order valence-corrected chi connectivity index (χ2v) is 7.91. The van der Waals surface area contributed by atoms with Crippen LogP contribution in [0.1, 0.15) is 27.5 Å². The topological polar surface area (TPSA) is 74.1 Å². The van der Waals surface area contributed by atoms with E-state index in [1.165, 1.54) is 11.8 Å². The predicted molar refractivity (Wildman–Crippen MR) is 112 cm³/mol. The number of aromatic nitrogens is 3. The number of hydrogen-bond donors (Lipinski definition) is 0. The molecule has 0 unspecified atom stereocenters. The van der Waals surface area contributed by atoms with Crippen LogP contribution in [0.3, 0.4) is 0 Å². The number of rotatable bonds is 7. The molecule has 0 aliphatic carbocycles. The van der Waals surface area contributed by atoms with Crippen molar-refractivity contribution in [2.24, 2.45) is 0 Å². The second-order valence-electron chi connectivity index (χ2n) is 6.54. The number of Topliss-reactive ketones (excluding diaryl/α,β-unsaturated/α-hetero) is 1. The summed E-state index contributed by atoms with van der Waals surface area (Å²) in [6, 6.07) is 12.8. The highest BCUT2D eigenvalue weighted by atomic mass is 35.5. The maximum absolute atomic E-state index is 12.8. The van der Waals surface area contributed by atoms with Crippen molar-refractivity contribution in [3.63, 3.8) is 0 Å². The van der Waals surface area contributed by atoms with E-state index in [2.05, 4.69) is 14.8 Å². The third-order valence-electron chi connectivity index (χ3n) is 4.59. The SMILES string of the molecule is Cc1cc(C(=O)CSc2nnc(-c3ccc(Cl)cc3)o2)c(C)n1Cc1ccco1. The van der Waals surface area contributed by atoms with Crippen molar-refractivity contribution in [3.05, 3.63) is 76.5 Å². The highest BCUT2D eigenvalue weighted by molar-refractivity contribution is 7.99. The van der Waals surface area contributed by atoms with E-state index in [4.69, 9.17) is 20.4 Å². The molecular formula is C21H18ClN3O3S. The monoisotopic (exact) mass is 427 g/mol. The first-order valence-electron chi connectivity index (χ1n) is 8.96. The zero-order valence-electron chi connectivity index (χ0n) is 15.9. The van der Waals surface area contributed by atoms with Gasteiger partial charge in [-0.1, -0.05) is 23.4 Å². The van der Waals surface area contributed by atoms with E-state index in [9.17, 15) is 4.79 Å². The fraction of sp³-hybridized carbons (Fsp3) is 0.190. The molecule has 0 radical (unpaired) electrons. The van der Waals surface area contributed by atoms with Crippen LogP contribution >= 0.6 is 23.4 Å². The Balaban J connectivity index is 1.43. The number of thioether (sulfide) groups is 1. The molecule has 8 heteroatoms. The van der Waals surface area contributed by atoms with Gasteiger partial charge in [0.15, 0.2) is 5.78 Å². The molecule has 0 atom stereocenters. The summed E-state index contributed by atoms with van der Waals surface area (Å²) in [5.41, 5.74) is 3.40. The van der Waals surface area contributed by atoms with Crippen LogP contribution in [0.5, 0.6) is 0 Å². The Kier molecular flexibility index (Phi) is 5.60. The summed E-state index contributed by atoms with van der Waals surface area (Å²) in [6.45, 7) is 4.52. The quantitative estimate of drug-likeness (QED) is 0.289. The van der Waals surface area contributed by atoms with Gasteiger partial charge >= 0.3 is 0 Å². The Labute approximate surface area is 176 Å². The third kappa shape index (κ3) is 4.31. The van der Waals surface area contributed by atoms with Crippen LogP contribution < -0.4 is 0 Å². The lowest BCUT2D eigenvalue weighted by Crippen LogP contribution is -2.07. The van der Waals surface area contributed by atoms with Gasteiger partial charge in [-0.2, -0.15) is 0 Å². The van der Waals surface area contributed by atoms with E-state index in [1.54, 1.807) is 18.4 Å². The van der Waals surface area contributed by atoms with Crippen molar-refractivity contribution in [3.8, 4) is 11.5 Å². The van der Waals surface area contributed by atoms with Crippen LogP contribution in [0.25, 0.3) is 11.5 Å². The van der Waals surface area contributed by atoms with E-state index < -0.39 is 0 Å². The van der Waals surface area contributed by atoms with Crippen molar-refractivity contribution in [1.29, 1.82) is 0 Å². The highest BCUT2D eigenvalue weighted by Crippen LogP contribution is 2.26. The minimum absolute atomic E-state index is 0.0139. The minimum atomic E-state index is 0.0139. The van der Waals surface area contributed by atoms with E-state index in [-0.39, 0.29) is 11.5 Å². The molecule has 0 saturated carbocycles. The fourth-order valence-corrected chi connectivity index (χ4v) is 3.84. The van der Waals surface area contributed by atoms with Gasteiger partial charge in [0.25, 0.3) is 5.22 Å². The Morgan fingerprint density at radius 2 is 1.97 bits per heavy atom. The molecule has 3 heterocycles. The van der Waals surface area contributed by atoms with Gasteiger partial charge < -0.3 is 13.4 Å². The molecule has 4 rings (SSSR count). The Morgan fingerprint density at radius 1 is 1.17 bits per heavy atom. The molecule has 0 saturated heterocycles. The maximum atomic E-state index is 12.8.